The number of hydrogen-bond acceptors (Lipinski definition) is 3. The largest absolute Gasteiger partial charge is 0.416 e. The van der Waals surface area contributed by atoms with Gasteiger partial charge in [0, 0.05) is 12.6 Å². The molecule has 2 rings (SSSR count). The second-order valence-corrected chi connectivity index (χ2v) is 5.31. The van der Waals surface area contributed by atoms with E-state index in [-0.39, 0.29) is 5.69 Å². The summed E-state index contributed by atoms with van der Waals surface area (Å²) in [6, 6.07) is 3.85. The van der Waals surface area contributed by atoms with Gasteiger partial charge in [0.15, 0.2) is 0 Å². The lowest BCUT2D eigenvalue weighted by Crippen LogP contribution is -2.40. The molecule has 1 aliphatic rings. The van der Waals surface area contributed by atoms with E-state index in [1.54, 1.807) is 0 Å². The monoisotopic (exact) mass is 287 g/mol. The normalized spacial score (nSPS) is 20.9. The number of hydrogen-bond donors (Lipinski definition) is 2. The van der Waals surface area contributed by atoms with E-state index in [1.807, 2.05) is 0 Å². The lowest BCUT2D eigenvalue weighted by Gasteiger charge is -2.32. The van der Waals surface area contributed by atoms with Gasteiger partial charge in [0.05, 0.1) is 16.9 Å². The zero-order valence-electron chi connectivity index (χ0n) is 11.5. The lowest BCUT2D eigenvalue weighted by molar-refractivity contribution is -0.137. The van der Waals surface area contributed by atoms with Gasteiger partial charge in [-0.25, -0.2) is 0 Å². The summed E-state index contributed by atoms with van der Waals surface area (Å²) in [7, 11) is 2.07. The lowest BCUT2D eigenvalue weighted by atomic mass is 10.0. The fourth-order valence-electron chi connectivity index (χ4n) is 2.53. The van der Waals surface area contributed by atoms with Crippen LogP contribution in [0.25, 0.3) is 0 Å². The van der Waals surface area contributed by atoms with Crippen LogP contribution in [0.3, 0.4) is 0 Å². The first-order chi connectivity index (χ1) is 9.38. The Kier molecular flexibility index (Phi) is 4.42. The Labute approximate surface area is 116 Å². The molecule has 0 radical (unpaired) electrons. The molecule has 1 aliphatic heterocycles. The predicted octanol–water partition coefficient (Wildman–Crippen LogP) is 3.18. The van der Waals surface area contributed by atoms with Crippen molar-refractivity contribution >= 4 is 11.4 Å². The summed E-state index contributed by atoms with van der Waals surface area (Å²) in [5.41, 5.74) is 5.68. The molecule has 1 aromatic rings. The first kappa shape index (κ1) is 15.0. The maximum absolute atomic E-state index is 12.5. The van der Waals surface area contributed by atoms with Gasteiger partial charge in [0.1, 0.15) is 0 Å². The molecule has 20 heavy (non-hydrogen) atoms. The van der Waals surface area contributed by atoms with Crippen molar-refractivity contribution in [2.24, 2.45) is 0 Å². The highest BCUT2D eigenvalue weighted by molar-refractivity contribution is 5.67. The summed E-state index contributed by atoms with van der Waals surface area (Å²) < 4.78 is 37.6. The number of likely N-dealkylation sites (N-methyl/N-ethyl adjacent to an activating group) is 1. The number of halogens is 3. The predicted molar refractivity (Wildman–Crippen MR) is 74.6 cm³/mol. The Morgan fingerprint density at radius 3 is 2.70 bits per heavy atom. The molecule has 1 fully saturated rings. The van der Waals surface area contributed by atoms with Crippen molar-refractivity contribution in [3.8, 4) is 0 Å². The van der Waals surface area contributed by atoms with E-state index in [0.717, 1.165) is 25.1 Å². The van der Waals surface area contributed by atoms with Crippen molar-refractivity contribution in [1.29, 1.82) is 0 Å². The third kappa shape index (κ3) is 3.56. The quantitative estimate of drug-likeness (QED) is 0.839. The maximum atomic E-state index is 12.5. The summed E-state index contributed by atoms with van der Waals surface area (Å²) in [5.74, 6) is 0. The van der Waals surface area contributed by atoms with Crippen LogP contribution in [0, 0.1) is 0 Å². The van der Waals surface area contributed by atoms with Crippen molar-refractivity contribution in [2.75, 3.05) is 31.2 Å². The minimum atomic E-state index is -4.35. The Balaban J connectivity index is 1.99. The van der Waals surface area contributed by atoms with Gasteiger partial charge in [0.2, 0.25) is 0 Å². The minimum Gasteiger partial charge on any atom is -0.397 e. The molecule has 0 spiro atoms. The van der Waals surface area contributed by atoms with Crippen LogP contribution in [0.5, 0.6) is 0 Å². The summed E-state index contributed by atoms with van der Waals surface area (Å²) in [6.07, 6.45) is -0.852. The second kappa shape index (κ2) is 5.91. The van der Waals surface area contributed by atoms with Gasteiger partial charge in [-0.05, 0) is 44.6 Å². The maximum Gasteiger partial charge on any atom is 0.416 e. The summed E-state index contributed by atoms with van der Waals surface area (Å²) in [4.78, 5) is 2.27. The van der Waals surface area contributed by atoms with Crippen molar-refractivity contribution in [3.63, 3.8) is 0 Å². The number of benzene rings is 1. The molecule has 0 amide bonds. The van der Waals surface area contributed by atoms with E-state index in [1.165, 1.54) is 18.9 Å². The first-order valence-corrected chi connectivity index (χ1v) is 6.79. The Bertz CT molecular complexity index is 459. The average molecular weight is 287 g/mol. The molecular formula is C14H20F3N3. The van der Waals surface area contributed by atoms with Crippen molar-refractivity contribution < 1.29 is 13.2 Å². The molecule has 1 saturated heterocycles. The number of nitrogens with one attached hydrogen (secondary N) is 1. The average Bonchev–Trinajstić information content (AvgIpc) is 2.38. The standard InChI is InChI=1S/C14H20F3N3/c1-20-7-3-2-4-11(20)9-19-13-6-5-10(8-12(13)18)14(15,16)17/h5-6,8,11,19H,2-4,7,9,18H2,1H3. The Morgan fingerprint density at radius 1 is 1.35 bits per heavy atom. The highest BCUT2D eigenvalue weighted by Crippen LogP contribution is 2.32. The van der Waals surface area contributed by atoms with E-state index >= 15 is 0 Å². The van der Waals surface area contributed by atoms with Crippen LogP contribution in [0.2, 0.25) is 0 Å². The van der Waals surface area contributed by atoms with Crippen LogP contribution < -0.4 is 11.1 Å². The molecule has 0 aliphatic carbocycles. The van der Waals surface area contributed by atoms with Crippen LogP contribution >= 0.6 is 0 Å². The topological polar surface area (TPSA) is 41.3 Å². The third-order valence-electron chi connectivity index (χ3n) is 3.83. The van der Waals surface area contributed by atoms with Crippen LogP contribution in [0.4, 0.5) is 24.5 Å². The summed E-state index contributed by atoms with van der Waals surface area (Å²) in [5, 5.41) is 3.16. The van der Waals surface area contributed by atoms with Gasteiger partial charge in [-0.3, -0.25) is 0 Å². The molecule has 0 bridgehead atoms. The van der Waals surface area contributed by atoms with E-state index in [9.17, 15) is 13.2 Å². The van der Waals surface area contributed by atoms with Crippen LogP contribution in [-0.4, -0.2) is 31.1 Å². The molecule has 1 atom stereocenters. The van der Waals surface area contributed by atoms with Gasteiger partial charge >= 0.3 is 6.18 Å². The fraction of sp³-hybridized carbons (Fsp3) is 0.571. The highest BCUT2D eigenvalue weighted by atomic mass is 19.4. The molecule has 0 aromatic heterocycles. The highest BCUT2D eigenvalue weighted by Gasteiger charge is 2.30. The number of nitrogen functional groups attached to an aromatic ring is 1. The molecule has 6 heteroatoms. The number of nitrogens with two attached hydrogens (primary N) is 1. The summed E-state index contributed by atoms with van der Waals surface area (Å²) >= 11 is 0. The first-order valence-electron chi connectivity index (χ1n) is 6.79. The minimum absolute atomic E-state index is 0.137. The molecule has 3 N–H and O–H groups in total. The van der Waals surface area contributed by atoms with Crippen LogP contribution in [0.1, 0.15) is 24.8 Å². The zero-order chi connectivity index (χ0) is 14.8. The van der Waals surface area contributed by atoms with Gasteiger partial charge in [-0.1, -0.05) is 6.42 Å². The number of anilines is 2. The van der Waals surface area contributed by atoms with E-state index < -0.39 is 11.7 Å². The van der Waals surface area contributed by atoms with Crippen molar-refractivity contribution in [2.45, 2.75) is 31.5 Å². The van der Waals surface area contributed by atoms with Gasteiger partial charge in [-0.15, -0.1) is 0 Å². The van der Waals surface area contributed by atoms with Crippen molar-refractivity contribution in [1.82, 2.24) is 4.90 Å². The Morgan fingerprint density at radius 2 is 2.10 bits per heavy atom. The molecule has 0 saturated carbocycles. The van der Waals surface area contributed by atoms with Gasteiger partial charge in [0.25, 0.3) is 0 Å². The molecule has 1 heterocycles. The van der Waals surface area contributed by atoms with E-state index in [4.69, 9.17) is 5.73 Å². The second-order valence-electron chi connectivity index (χ2n) is 5.31. The SMILES string of the molecule is CN1CCCCC1CNc1ccc(C(F)(F)F)cc1N. The molecule has 1 aromatic carbocycles. The fourth-order valence-corrected chi connectivity index (χ4v) is 2.53. The van der Waals surface area contributed by atoms with E-state index in [2.05, 4.69) is 17.3 Å². The number of piperidine rings is 1. The number of alkyl halides is 3. The third-order valence-corrected chi connectivity index (χ3v) is 3.83. The van der Waals surface area contributed by atoms with Crippen LogP contribution in [0.15, 0.2) is 18.2 Å². The van der Waals surface area contributed by atoms with Crippen LogP contribution in [-0.2, 0) is 6.18 Å². The molecular weight excluding hydrogens is 267 g/mol. The van der Waals surface area contributed by atoms with Gasteiger partial charge < -0.3 is 16.0 Å². The Hall–Kier alpha value is -1.43. The number of likely N-dealkylation sites (tertiary alicyclic amines) is 1. The molecule has 112 valence electrons. The number of nitrogens with zero attached hydrogens (tertiary/aromatic N) is 1. The van der Waals surface area contributed by atoms with Crippen molar-refractivity contribution in [3.05, 3.63) is 23.8 Å². The van der Waals surface area contributed by atoms with E-state index in [0.29, 0.717) is 18.3 Å². The summed E-state index contributed by atoms with van der Waals surface area (Å²) in [6.45, 7) is 1.76. The molecule has 1 unspecified atom stereocenters. The smallest absolute Gasteiger partial charge is 0.397 e. The number of rotatable bonds is 3. The van der Waals surface area contributed by atoms with Gasteiger partial charge in [-0.2, -0.15) is 13.2 Å². The molecule has 3 nitrogen and oxygen atoms in total. The zero-order valence-corrected chi connectivity index (χ0v) is 11.5.